The van der Waals surface area contributed by atoms with Crippen molar-refractivity contribution in [1.29, 1.82) is 0 Å². The number of furan rings is 1. The Labute approximate surface area is 141 Å². The van der Waals surface area contributed by atoms with Crippen LogP contribution in [0.2, 0.25) is 10.0 Å². The Bertz CT molecular complexity index is 839. The summed E-state index contributed by atoms with van der Waals surface area (Å²) in [5.41, 5.74) is -0.753. The van der Waals surface area contributed by atoms with Crippen molar-refractivity contribution in [3.8, 4) is 5.75 Å². The standard InChI is InChI=1S/C16H12Cl2O5/c1-7-3-4-10(22-7)13(19)9-5-8-6-16(2,15(20)21)23-14(8)12(18)11(9)17/h3-5H,6H2,1-2H3,(H,20,21). The van der Waals surface area contributed by atoms with Gasteiger partial charge in [0.25, 0.3) is 0 Å². The monoisotopic (exact) mass is 354 g/mol. The molecule has 1 aliphatic heterocycles. The second-order valence-corrected chi connectivity index (χ2v) is 6.35. The molecule has 0 bridgehead atoms. The summed E-state index contributed by atoms with van der Waals surface area (Å²) in [5.74, 6) is -0.597. The Hall–Kier alpha value is -1.98. The summed E-state index contributed by atoms with van der Waals surface area (Å²) in [7, 11) is 0. The van der Waals surface area contributed by atoms with Gasteiger partial charge in [-0.3, -0.25) is 4.79 Å². The predicted octanol–water partition coefficient (Wildman–Crippen LogP) is 3.90. The van der Waals surface area contributed by atoms with Gasteiger partial charge >= 0.3 is 5.97 Å². The third-order valence-electron chi connectivity index (χ3n) is 3.76. The number of rotatable bonds is 3. The fourth-order valence-electron chi connectivity index (χ4n) is 2.50. The largest absolute Gasteiger partial charge is 0.478 e. The Morgan fingerprint density at radius 2 is 1.96 bits per heavy atom. The van der Waals surface area contributed by atoms with E-state index < -0.39 is 17.4 Å². The van der Waals surface area contributed by atoms with Crippen molar-refractivity contribution < 1.29 is 23.8 Å². The van der Waals surface area contributed by atoms with Gasteiger partial charge in [-0.15, -0.1) is 0 Å². The third-order valence-corrected chi connectivity index (χ3v) is 4.60. The molecule has 1 N–H and O–H groups in total. The van der Waals surface area contributed by atoms with Gasteiger partial charge < -0.3 is 14.3 Å². The summed E-state index contributed by atoms with van der Waals surface area (Å²) in [4.78, 5) is 23.9. The molecule has 0 radical (unpaired) electrons. The van der Waals surface area contributed by atoms with E-state index in [1.54, 1.807) is 19.1 Å². The molecular weight excluding hydrogens is 343 g/mol. The molecule has 0 amide bonds. The minimum Gasteiger partial charge on any atom is -0.478 e. The van der Waals surface area contributed by atoms with Crippen molar-refractivity contribution in [3.63, 3.8) is 0 Å². The third kappa shape index (κ3) is 2.50. The fourth-order valence-corrected chi connectivity index (χ4v) is 2.99. The molecule has 0 aliphatic carbocycles. The van der Waals surface area contributed by atoms with Crippen LogP contribution in [0.1, 0.15) is 34.4 Å². The number of hydrogen-bond acceptors (Lipinski definition) is 4. The van der Waals surface area contributed by atoms with Gasteiger partial charge in [0.1, 0.15) is 16.5 Å². The molecule has 5 nitrogen and oxygen atoms in total. The number of benzene rings is 1. The van der Waals surface area contributed by atoms with Crippen molar-refractivity contribution in [1.82, 2.24) is 0 Å². The highest BCUT2D eigenvalue weighted by atomic mass is 35.5. The zero-order chi connectivity index (χ0) is 16.9. The molecule has 3 rings (SSSR count). The molecule has 2 heterocycles. The molecule has 0 saturated carbocycles. The van der Waals surface area contributed by atoms with Gasteiger partial charge in [0.15, 0.2) is 5.76 Å². The maximum absolute atomic E-state index is 12.5. The topological polar surface area (TPSA) is 76.7 Å². The average Bonchev–Trinajstić information content (AvgIpc) is 3.06. The lowest BCUT2D eigenvalue weighted by Gasteiger charge is -2.18. The van der Waals surface area contributed by atoms with E-state index in [1.807, 2.05) is 0 Å². The smallest absolute Gasteiger partial charge is 0.348 e. The Balaban J connectivity index is 2.08. The van der Waals surface area contributed by atoms with E-state index in [2.05, 4.69) is 0 Å². The first-order chi connectivity index (χ1) is 10.7. The molecule has 0 spiro atoms. The van der Waals surface area contributed by atoms with Gasteiger partial charge in [-0.2, -0.15) is 0 Å². The maximum atomic E-state index is 12.5. The van der Waals surface area contributed by atoms with Crippen molar-refractivity contribution in [2.24, 2.45) is 0 Å². The molecule has 2 aromatic rings. The van der Waals surface area contributed by atoms with Crippen LogP contribution in [-0.4, -0.2) is 22.5 Å². The van der Waals surface area contributed by atoms with Crippen LogP contribution in [0.25, 0.3) is 0 Å². The van der Waals surface area contributed by atoms with E-state index in [4.69, 9.17) is 32.4 Å². The number of halogens is 2. The van der Waals surface area contributed by atoms with Crippen LogP contribution in [0.5, 0.6) is 5.75 Å². The molecule has 1 unspecified atom stereocenters. The summed E-state index contributed by atoms with van der Waals surface area (Å²) >= 11 is 12.4. The first kappa shape index (κ1) is 15.9. The van der Waals surface area contributed by atoms with Gasteiger partial charge in [-0.25, -0.2) is 4.79 Å². The molecule has 0 fully saturated rings. The van der Waals surface area contributed by atoms with E-state index in [1.165, 1.54) is 13.0 Å². The molecule has 120 valence electrons. The molecule has 1 aromatic carbocycles. The molecule has 1 aromatic heterocycles. The lowest BCUT2D eigenvalue weighted by Crippen LogP contribution is -2.39. The summed E-state index contributed by atoms with van der Waals surface area (Å²) in [5, 5.41) is 9.32. The second kappa shape index (κ2) is 5.28. The number of ketones is 1. The number of carboxylic acid groups (broad SMARTS) is 1. The Morgan fingerprint density at radius 1 is 1.26 bits per heavy atom. The van der Waals surface area contributed by atoms with Crippen LogP contribution in [0, 0.1) is 6.92 Å². The second-order valence-electron chi connectivity index (χ2n) is 5.59. The predicted molar refractivity (Wildman–Crippen MR) is 83.7 cm³/mol. The molecular formula is C16H12Cl2O5. The number of aryl methyl sites for hydroxylation is 1. The zero-order valence-electron chi connectivity index (χ0n) is 12.3. The number of carbonyl (C=O) groups is 2. The van der Waals surface area contributed by atoms with Crippen molar-refractivity contribution in [2.75, 3.05) is 0 Å². The molecule has 1 aliphatic rings. The van der Waals surface area contributed by atoms with E-state index >= 15 is 0 Å². The van der Waals surface area contributed by atoms with Crippen LogP contribution in [0.3, 0.4) is 0 Å². The fraction of sp³-hybridized carbons (Fsp3) is 0.250. The Kier molecular flexibility index (Phi) is 3.65. The van der Waals surface area contributed by atoms with Crippen LogP contribution in [0.15, 0.2) is 22.6 Å². The first-order valence-corrected chi connectivity index (χ1v) is 7.53. The summed E-state index contributed by atoms with van der Waals surface area (Å²) in [6, 6.07) is 4.73. The number of ether oxygens (including phenoxy) is 1. The van der Waals surface area contributed by atoms with Crippen molar-refractivity contribution in [3.05, 3.63) is 50.9 Å². The van der Waals surface area contributed by atoms with Gasteiger partial charge in [0.05, 0.1) is 5.02 Å². The summed E-state index contributed by atoms with van der Waals surface area (Å²) in [6.45, 7) is 3.16. The van der Waals surface area contributed by atoms with Gasteiger partial charge in [-0.1, -0.05) is 23.2 Å². The number of fused-ring (bicyclic) bond motifs is 1. The van der Waals surface area contributed by atoms with E-state index in [-0.39, 0.29) is 33.5 Å². The maximum Gasteiger partial charge on any atom is 0.348 e. The van der Waals surface area contributed by atoms with E-state index in [0.717, 1.165) is 0 Å². The molecule has 1 atom stereocenters. The average molecular weight is 355 g/mol. The van der Waals surface area contributed by atoms with E-state index in [0.29, 0.717) is 11.3 Å². The number of carboxylic acids is 1. The van der Waals surface area contributed by atoms with Gasteiger partial charge in [0, 0.05) is 17.5 Å². The van der Waals surface area contributed by atoms with Crippen molar-refractivity contribution >= 4 is 35.0 Å². The minimum absolute atomic E-state index is 0.0131. The summed E-state index contributed by atoms with van der Waals surface area (Å²) < 4.78 is 10.8. The zero-order valence-corrected chi connectivity index (χ0v) is 13.8. The lowest BCUT2D eigenvalue weighted by molar-refractivity contribution is -0.152. The number of aliphatic carboxylic acids is 1. The SMILES string of the molecule is Cc1ccc(C(=O)c2cc3c(c(Cl)c2Cl)OC(C)(C(=O)O)C3)o1. The van der Waals surface area contributed by atoms with Crippen LogP contribution in [0.4, 0.5) is 0 Å². The van der Waals surface area contributed by atoms with Gasteiger partial charge in [0.2, 0.25) is 11.4 Å². The Morgan fingerprint density at radius 3 is 2.52 bits per heavy atom. The quantitative estimate of drug-likeness (QED) is 0.845. The van der Waals surface area contributed by atoms with Crippen LogP contribution < -0.4 is 4.74 Å². The van der Waals surface area contributed by atoms with E-state index in [9.17, 15) is 14.7 Å². The lowest BCUT2D eigenvalue weighted by atomic mass is 9.97. The molecule has 7 heteroatoms. The van der Waals surface area contributed by atoms with Gasteiger partial charge in [-0.05, 0) is 32.0 Å². The van der Waals surface area contributed by atoms with Crippen molar-refractivity contribution in [2.45, 2.75) is 25.9 Å². The minimum atomic E-state index is -1.43. The first-order valence-electron chi connectivity index (χ1n) is 6.77. The number of hydrogen-bond donors (Lipinski definition) is 1. The number of carbonyl (C=O) groups excluding carboxylic acids is 1. The summed E-state index contributed by atoms with van der Waals surface area (Å²) in [6.07, 6.45) is 0.0893. The normalized spacial score (nSPS) is 19.3. The highest BCUT2D eigenvalue weighted by molar-refractivity contribution is 6.45. The molecule has 0 saturated heterocycles. The van der Waals surface area contributed by atoms with Crippen LogP contribution >= 0.6 is 23.2 Å². The highest BCUT2D eigenvalue weighted by Crippen LogP contribution is 2.45. The van der Waals surface area contributed by atoms with Crippen LogP contribution in [-0.2, 0) is 11.2 Å². The molecule has 23 heavy (non-hydrogen) atoms. The highest BCUT2D eigenvalue weighted by Gasteiger charge is 2.44.